The second-order valence-corrected chi connectivity index (χ2v) is 4.27. The van der Waals surface area contributed by atoms with Crippen LogP contribution in [0.25, 0.3) is 16.9 Å². The quantitative estimate of drug-likeness (QED) is 0.878. The van der Waals surface area contributed by atoms with E-state index in [-0.39, 0.29) is 18.0 Å². The Balaban J connectivity index is 2.00. The molecular formula is C14H11NO3. The van der Waals surface area contributed by atoms with E-state index in [1.54, 1.807) is 18.3 Å². The van der Waals surface area contributed by atoms with Crippen molar-refractivity contribution in [2.75, 3.05) is 0 Å². The molecule has 0 spiro atoms. The number of aromatic nitrogens is 1. The monoisotopic (exact) mass is 241 g/mol. The number of aliphatic hydroxyl groups is 1. The third-order valence-electron chi connectivity index (χ3n) is 2.93. The van der Waals surface area contributed by atoms with E-state index in [1.807, 2.05) is 19.1 Å². The lowest BCUT2D eigenvalue weighted by Crippen LogP contribution is -2.15. The van der Waals surface area contributed by atoms with Crippen molar-refractivity contribution >= 4 is 11.4 Å². The van der Waals surface area contributed by atoms with Gasteiger partial charge in [-0.25, -0.2) is 0 Å². The fourth-order valence-electron chi connectivity index (χ4n) is 1.99. The van der Waals surface area contributed by atoms with Crippen LogP contribution >= 0.6 is 0 Å². The first-order valence-corrected chi connectivity index (χ1v) is 5.63. The number of allylic oxidation sites excluding steroid dienone is 2. The van der Waals surface area contributed by atoms with Crippen molar-refractivity contribution in [3.05, 3.63) is 47.7 Å². The number of hydrogen-bond donors (Lipinski definition) is 1. The molecule has 1 N–H and O–H groups in total. The molecule has 0 aliphatic heterocycles. The molecule has 1 aliphatic rings. The maximum atomic E-state index is 11.4. The van der Waals surface area contributed by atoms with Gasteiger partial charge < -0.3 is 9.52 Å². The first kappa shape index (κ1) is 10.8. The molecule has 4 heteroatoms. The summed E-state index contributed by atoms with van der Waals surface area (Å²) in [4.78, 5) is 15.5. The number of carbonyl (C=O) groups excluding carboxylic acids is 1. The zero-order valence-electron chi connectivity index (χ0n) is 9.80. The highest BCUT2D eigenvalue weighted by Gasteiger charge is 2.30. The molecular weight excluding hydrogens is 230 g/mol. The van der Waals surface area contributed by atoms with Gasteiger partial charge in [-0.1, -0.05) is 0 Å². The average Bonchev–Trinajstić information content (AvgIpc) is 2.77. The Kier molecular flexibility index (Phi) is 2.30. The lowest BCUT2D eigenvalue weighted by molar-refractivity contribution is -0.115. The van der Waals surface area contributed by atoms with Crippen LogP contribution in [-0.2, 0) is 4.79 Å². The summed E-state index contributed by atoms with van der Waals surface area (Å²) in [7, 11) is 0. The van der Waals surface area contributed by atoms with Crippen LogP contribution in [0.15, 0.2) is 40.6 Å². The number of Topliss-reactive ketones (excluding diaryl/α,β-unsaturated/α-hetero) is 1. The predicted octanol–water partition coefficient (Wildman–Crippen LogP) is 2.89. The third kappa shape index (κ3) is 1.62. The van der Waals surface area contributed by atoms with Crippen LogP contribution in [0.2, 0.25) is 0 Å². The van der Waals surface area contributed by atoms with Gasteiger partial charge in [0.05, 0.1) is 12.0 Å². The van der Waals surface area contributed by atoms with E-state index in [9.17, 15) is 9.90 Å². The van der Waals surface area contributed by atoms with Crippen LogP contribution in [0.4, 0.5) is 0 Å². The Morgan fingerprint density at radius 2 is 2.06 bits per heavy atom. The summed E-state index contributed by atoms with van der Waals surface area (Å²) in [5.41, 5.74) is 2.10. The summed E-state index contributed by atoms with van der Waals surface area (Å²) in [6.45, 7) is 1.90. The van der Waals surface area contributed by atoms with Gasteiger partial charge in [0.15, 0.2) is 5.78 Å². The van der Waals surface area contributed by atoms with Crippen LogP contribution in [0.3, 0.4) is 0 Å². The topological polar surface area (TPSA) is 63.3 Å². The van der Waals surface area contributed by atoms with E-state index in [4.69, 9.17) is 4.42 Å². The van der Waals surface area contributed by atoms with Crippen LogP contribution < -0.4 is 0 Å². The van der Waals surface area contributed by atoms with Gasteiger partial charge in [-0.2, -0.15) is 0 Å². The SMILES string of the molecule is Cc1cc(-c2ccc(C3=C(O)CC3=O)o2)ccn1. The number of ketones is 1. The minimum absolute atomic E-state index is 0.0840. The molecule has 0 bridgehead atoms. The summed E-state index contributed by atoms with van der Waals surface area (Å²) < 4.78 is 5.60. The maximum Gasteiger partial charge on any atom is 0.177 e. The molecule has 1 aliphatic carbocycles. The van der Waals surface area contributed by atoms with Gasteiger partial charge in [-0.15, -0.1) is 0 Å². The molecule has 4 nitrogen and oxygen atoms in total. The lowest BCUT2D eigenvalue weighted by atomic mass is 9.93. The number of pyridine rings is 1. The zero-order chi connectivity index (χ0) is 12.7. The maximum absolute atomic E-state index is 11.4. The van der Waals surface area contributed by atoms with Gasteiger partial charge in [0, 0.05) is 17.5 Å². The molecule has 2 heterocycles. The minimum atomic E-state index is -0.0840. The first-order valence-electron chi connectivity index (χ1n) is 5.63. The van der Waals surface area contributed by atoms with E-state index in [1.165, 1.54) is 0 Å². The van der Waals surface area contributed by atoms with Crippen molar-refractivity contribution < 1.29 is 14.3 Å². The van der Waals surface area contributed by atoms with E-state index in [0.717, 1.165) is 11.3 Å². The number of rotatable bonds is 2. The molecule has 0 fully saturated rings. The Bertz CT molecular complexity index is 667. The molecule has 0 aromatic carbocycles. The third-order valence-corrected chi connectivity index (χ3v) is 2.93. The number of hydrogen-bond acceptors (Lipinski definition) is 4. The first-order chi connectivity index (χ1) is 8.65. The number of furan rings is 1. The summed E-state index contributed by atoms with van der Waals surface area (Å²) in [5.74, 6) is 1.11. The Morgan fingerprint density at radius 1 is 1.28 bits per heavy atom. The fraction of sp³-hybridized carbons (Fsp3) is 0.143. The highest BCUT2D eigenvalue weighted by Crippen LogP contribution is 2.34. The molecule has 0 amide bonds. The van der Waals surface area contributed by atoms with Crippen molar-refractivity contribution in [1.82, 2.24) is 4.98 Å². The summed E-state index contributed by atoms with van der Waals surface area (Å²) in [6.07, 6.45) is 1.82. The standard InChI is InChI=1S/C14H11NO3/c1-8-6-9(4-5-15-8)12-2-3-13(18-12)14-10(16)7-11(14)17/h2-6,16H,7H2,1H3. The molecule has 2 aromatic rings. The predicted molar refractivity (Wildman–Crippen MR) is 65.8 cm³/mol. The van der Waals surface area contributed by atoms with Crippen LogP contribution in [0.1, 0.15) is 17.9 Å². The van der Waals surface area contributed by atoms with Gasteiger partial charge in [0.1, 0.15) is 17.3 Å². The average molecular weight is 241 g/mol. The van der Waals surface area contributed by atoms with Gasteiger partial charge in [0.25, 0.3) is 0 Å². The van der Waals surface area contributed by atoms with Gasteiger partial charge in [-0.05, 0) is 31.2 Å². The molecule has 0 saturated carbocycles. The summed E-state index contributed by atoms with van der Waals surface area (Å²) in [6, 6.07) is 7.23. The van der Waals surface area contributed by atoms with Crippen molar-refractivity contribution in [2.24, 2.45) is 0 Å². The van der Waals surface area contributed by atoms with Crippen LogP contribution in [0, 0.1) is 6.92 Å². The van der Waals surface area contributed by atoms with Crippen molar-refractivity contribution in [1.29, 1.82) is 0 Å². The molecule has 0 unspecified atom stereocenters. The number of carbonyl (C=O) groups is 1. The molecule has 90 valence electrons. The molecule has 0 saturated heterocycles. The van der Waals surface area contributed by atoms with E-state index in [2.05, 4.69) is 4.98 Å². The second-order valence-electron chi connectivity index (χ2n) is 4.27. The normalized spacial score (nSPS) is 14.8. The van der Waals surface area contributed by atoms with Crippen molar-refractivity contribution in [2.45, 2.75) is 13.3 Å². The largest absolute Gasteiger partial charge is 0.511 e. The van der Waals surface area contributed by atoms with E-state index < -0.39 is 0 Å². The molecule has 0 radical (unpaired) electrons. The Labute approximate surface area is 104 Å². The summed E-state index contributed by atoms with van der Waals surface area (Å²) >= 11 is 0. The molecule has 3 rings (SSSR count). The van der Waals surface area contributed by atoms with Crippen LogP contribution in [-0.4, -0.2) is 15.9 Å². The Hall–Kier alpha value is -2.36. The lowest BCUT2D eigenvalue weighted by Gasteiger charge is -2.14. The van der Waals surface area contributed by atoms with Crippen LogP contribution in [0.5, 0.6) is 0 Å². The number of aryl methyl sites for hydroxylation is 1. The van der Waals surface area contributed by atoms with E-state index in [0.29, 0.717) is 17.1 Å². The highest BCUT2D eigenvalue weighted by molar-refractivity contribution is 6.27. The van der Waals surface area contributed by atoms with E-state index >= 15 is 0 Å². The molecule has 2 aromatic heterocycles. The number of nitrogens with zero attached hydrogens (tertiary/aromatic N) is 1. The van der Waals surface area contributed by atoms with Gasteiger partial charge >= 0.3 is 0 Å². The highest BCUT2D eigenvalue weighted by atomic mass is 16.3. The van der Waals surface area contributed by atoms with Crippen molar-refractivity contribution in [3.63, 3.8) is 0 Å². The van der Waals surface area contributed by atoms with Gasteiger partial charge in [0.2, 0.25) is 0 Å². The molecule has 0 atom stereocenters. The van der Waals surface area contributed by atoms with Gasteiger partial charge in [-0.3, -0.25) is 9.78 Å². The Morgan fingerprint density at radius 3 is 2.72 bits per heavy atom. The second kappa shape index (κ2) is 3.84. The molecule has 18 heavy (non-hydrogen) atoms. The van der Waals surface area contributed by atoms with Crippen molar-refractivity contribution in [3.8, 4) is 11.3 Å². The minimum Gasteiger partial charge on any atom is -0.511 e. The number of aliphatic hydroxyl groups excluding tert-OH is 1. The smallest absolute Gasteiger partial charge is 0.177 e. The summed E-state index contributed by atoms with van der Waals surface area (Å²) in [5, 5.41) is 9.44. The fourth-order valence-corrected chi connectivity index (χ4v) is 1.99. The zero-order valence-corrected chi connectivity index (χ0v) is 9.80.